The number of hydrogen-bond donors (Lipinski definition) is 1. The minimum Gasteiger partial charge on any atom is -0.457 e. The largest absolute Gasteiger partial charge is 0.457 e. The molecule has 1 aliphatic rings. The molecule has 1 atom stereocenters. The minimum absolute atomic E-state index is 0.143. The molecule has 0 saturated carbocycles. The van der Waals surface area contributed by atoms with Gasteiger partial charge in [-0.05, 0) is 43.5 Å². The predicted octanol–water partition coefficient (Wildman–Crippen LogP) is 3.79. The third-order valence-electron chi connectivity index (χ3n) is 4.18. The molecule has 2 aromatic carbocycles. The average Bonchev–Trinajstić information content (AvgIpc) is 3.19. The van der Waals surface area contributed by atoms with Crippen LogP contribution in [0.3, 0.4) is 0 Å². The van der Waals surface area contributed by atoms with Gasteiger partial charge < -0.3 is 19.5 Å². The average molecular weight is 355 g/mol. The van der Waals surface area contributed by atoms with Crippen LogP contribution in [0.15, 0.2) is 54.6 Å². The highest BCUT2D eigenvalue weighted by molar-refractivity contribution is 5.96. The quantitative estimate of drug-likeness (QED) is 0.695. The van der Waals surface area contributed by atoms with Crippen LogP contribution in [-0.4, -0.2) is 38.4 Å². The normalized spacial score (nSPS) is 16.4. The van der Waals surface area contributed by atoms with Gasteiger partial charge in [0.15, 0.2) is 0 Å². The van der Waals surface area contributed by atoms with Gasteiger partial charge in [-0.3, -0.25) is 4.79 Å². The maximum Gasteiger partial charge on any atom is 0.255 e. The van der Waals surface area contributed by atoms with Gasteiger partial charge in [-0.25, -0.2) is 0 Å². The smallest absolute Gasteiger partial charge is 0.255 e. The van der Waals surface area contributed by atoms with Gasteiger partial charge in [0.05, 0.1) is 18.3 Å². The van der Waals surface area contributed by atoms with Crippen molar-refractivity contribution in [2.45, 2.75) is 25.4 Å². The zero-order valence-electron chi connectivity index (χ0n) is 14.9. The lowest BCUT2D eigenvalue weighted by atomic mass is 10.2. The fraction of sp³-hybridized carbons (Fsp3) is 0.381. The molecule has 1 N–H and O–H groups in total. The summed E-state index contributed by atoms with van der Waals surface area (Å²) >= 11 is 0. The van der Waals surface area contributed by atoms with Gasteiger partial charge in [-0.15, -0.1) is 0 Å². The number of hydrogen-bond acceptors (Lipinski definition) is 4. The van der Waals surface area contributed by atoms with Crippen molar-refractivity contribution >= 4 is 5.91 Å². The Morgan fingerprint density at radius 2 is 1.92 bits per heavy atom. The highest BCUT2D eigenvalue weighted by Crippen LogP contribution is 2.24. The third-order valence-corrected chi connectivity index (χ3v) is 4.18. The SMILES string of the molecule is O=C(NCCCOCC1CCCO1)c1ccccc1Oc1ccccc1. The van der Waals surface area contributed by atoms with E-state index in [2.05, 4.69) is 5.32 Å². The van der Waals surface area contributed by atoms with E-state index < -0.39 is 0 Å². The molecule has 0 spiro atoms. The summed E-state index contributed by atoms with van der Waals surface area (Å²) in [5.41, 5.74) is 0.525. The standard InChI is InChI=1S/C21H25NO4/c23-21(22-13-7-14-24-16-18-10-6-15-25-18)19-11-4-5-12-20(19)26-17-8-2-1-3-9-17/h1-5,8-9,11-12,18H,6-7,10,13-16H2,(H,22,23). The van der Waals surface area contributed by atoms with E-state index >= 15 is 0 Å². The van der Waals surface area contributed by atoms with E-state index in [4.69, 9.17) is 14.2 Å². The monoisotopic (exact) mass is 355 g/mol. The van der Waals surface area contributed by atoms with Gasteiger partial charge in [0.25, 0.3) is 5.91 Å². The van der Waals surface area contributed by atoms with Crippen molar-refractivity contribution in [1.82, 2.24) is 5.32 Å². The van der Waals surface area contributed by atoms with Crippen molar-refractivity contribution in [3.8, 4) is 11.5 Å². The maximum absolute atomic E-state index is 12.4. The number of nitrogens with one attached hydrogen (secondary N) is 1. The molecule has 0 aromatic heterocycles. The second-order valence-corrected chi connectivity index (χ2v) is 6.23. The Bertz CT molecular complexity index is 683. The fourth-order valence-corrected chi connectivity index (χ4v) is 2.82. The number of benzene rings is 2. The zero-order valence-corrected chi connectivity index (χ0v) is 14.9. The Balaban J connectivity index is 1.42. The molecule has 1 fully saturated rings. The first-order chi connectivity index (χ1) is 12.8. The number of carbonyl (C=O) groups excluding carboxylic acids is 1. The van der Waals surface area contributed by atoms with E-state index in [0.717, 1.165) is 25.9 Å². The van der Waals surface area contributed by atoms with Crippen LogP contribution >= 0.6 is 0 Å². The fourth-order valence-electron chi connectivity index (χ4n) is 2.82. The summed E-state index contributed by atoms with van der Waals surface area (Å²) in [4.78, 5) is 12.4. The van der Waals surface area contributed by atoms with Crippen molar-refractivity contribution in [2.24, 2.45) is 0 Å². The summed E-state index contributed by atoms with van der Waals surface area (Å²) in [7, 11) is 0. The van der Waals surface area contributed by atoms with E-state index in [9.17, 15) is 4.79 Å². The second-order valence-electron chi connectivity index (χ2n) is 6.23. The van der Waals surface area contributed by atoms with Crippen LogP contribution in [0.1, 0.15) is 29.6 Å². The Kier molecular flexibility index (Phi) is 7.05. The molecule has 0 radical (unpaired) electrons. The van der Waals surface area contributed by atoms with Crippen LogP contribution in [0.2, 0.25) is 0 Å². The Hall–Kier alpha value is -2.37. The van der Waals surface area contributed by atoms with Crippen molar-refractivity contribution < 1.29 is 19.0 Å². The Morgan fingerprint density at radius 1 is 1.12 bits per heavy atom. The Labute approximate surface area is 154 Å². The predicted molar refractivity (Wildman–Crippen MR) is 99.7 cm³/mol. The van der Waals surface area contributed by atoms with E-state index in [1.165, 1.54) is 0 Å². The molecule has 1 saturated heterocycles. The van der Waals surface area contributed by atoms with Gasteiger partial charge in [-0.1, -0.05) is 30.3 Å². The first-order valence-electron chi connectivity index (χ1n) is 9.12. The summed E-state index contributed by atoms with van der Waals surface area (Å²) in [6.45, 7) is 2.66. The molecule has 1 amide bonds. The van der Waals surface area contributed by atoms with Gasteiger partial charge in [-0.2, -0.15) is 0 Å². The van der Waals surface area contributed by atoms with Crippen LogP contribution in [0.5, 0.6) is 11.5 Å². The molecule has 5 nitrogen and oxygen atoms in total. The Morgan fingerprint density at radius 3 is 2.73 bits per heavy atom. The topological polar surface area (TPSA) is 56.8 Å². The molecule has 2 aromatic rings. The number of carbonyl (C=O) groups is 1. The van der Waals surface area contributed by atoms with E-state index in [1.54, 1.807) is 12.1 Å². The zero-order chi connectivity index (χ0) is 18.0. The lowest BCUT2D eigenvalue weighted by molar-refractivity contribution is 0.0166. The lowest BCUT2D eigenvalue weighted by Gasteiger charge is -2.12. The molecule has 0 aliphatic carbocycles. The summed E-state index contributed by atoms with van der Waals surface area (Å²) in [6, 6.07) is 16.7. The maximum atomic E-state index is 12.4. The molecule has 3 rings (SSSR count). The molecular formula is C21H25NO4. The van der Waals surface area contributed by atoms with Crippen LogP contribution in [0.25, 0.3) is 0 Å². The molecule has 26 heavy (non-hydrogen) atoms. The van der Waals surface area contributed by atoms with Crippen molar-refractivity contribution in [3.63, 3.8) is 0 Å². The number of para-hydroxylation sites is 2. The summed E-state index contributed by atoms with van der Waals surface area (Å²) in [6.07, 6.45) is 3.20. The highest BCUT2D eigenvalue weighted by Gasteiger charge is 2.15. The van der Waals surface area contributed by atoms with Crippen molar-refractivity contribution in [3.05, 3.63) is 60.2 Å². The number of ether oxygens (including phenoxy) is 3. The number of amides is 1. The summed E-state index contributed by atoms with van der Waals surface area (Å²) < 4.78 is 16.9. The second kappa shape index (κ2) is 9.94. The first kappa shape index (κ1) is 18.4. The van der Waals surface area contributed by atoms with Gasteiger partial charge in [0, 0.05) is 19.8 Å². The minimum atomic E-state index is -0.143. The van der Waals surface area contributed by atoms with E-state index in [-0.39, 0.29) is 12.0 Å². The van der Waals surface area contributed by atoms with Crippen LogP contribution in [0.4, 0.5) is 0 Å². The molecule has 0 bridgehead atoms. The van der Waals surface area contributed by atoms with Crippen LogP contribution < -0.4 is 10.1 Å². The van der Waals surface area contributed by atoms with Gasteiger partial charge in [0.1, 0.15) is 11.5 Å². The van der Waals surface area contributed by atoms with E-state index in [1.807, 2.05) is 42.5 Å². The first-order valence-corrected chi connectivity index (χ1v) is 9.12. The van der Waals surface area contributed by atoms with Gasteiger partial charge >= 0.3 is 0 Å². The summed E-state index contributed by atoms with van der Waals surface area (Å²) in [5.74, 6) is 1.11. The molecule has 1 unspecified atom stereocenters. The van der Waals surface area contributed by atoms with E-state index in [0.29, 0.717) is 36.8 Å². The van der Waals surface area contributed by atoms with Crippen LogP contribution in [0, 0.1) is 0 Å². The van der Waals surface area contributed by atoms with Crippen LogP contribution in [-0.2, 0) is 9.47 Å². The number of rotatable bonds is 9. The third kappa shape index (κ3) is 5.58. The van der Waals surface area contributed by atoms with Gasteiger partial charge in [0.2, 0.25) is 0 Å². The van der Waals surface area contributed by atoms with Crippen molar-refractivity contribution in [2.75, 3.05) is 26.4 Å². The molecule has 5 heteroatoms. The molecule has 138 valence electrons. The lowest BCUT2D eigenvalue weighted by Crippen LogP contribution is -2.26. The summed E-state index contributed by atoms with van der Waals surface area (Å²) in [5, 5.41) is 2.92. The molecular weight excluding hydrogens is 330 g/mol. The molecule has 1 heterocycles. The molecule has 1 aliphatic heterocycles. The van der Waals surface area contributed by atoms with Crippen molar-refractivity contribution in [1.29, 1.82) is 0 Å². The highest BCUT2D eigenvalue weighted by atomic mass is 16.5.